The predicted octanol–water partition coefficient (Wildman–Crippen LogP) is 2.88. The van der Waals surface area contributed by atoms with Crippen molar-refractivity contribution in [2.24, 2.45) is 0 Å². The van der Waals surface area contributed by atoms with Gasteiger partial charge in [-0.15, -0.1) is 0 Å². The van der Waals surface area contributed by atoms with Crippen molar-refractivity contribution in [3.63, 3.8) is 0 Å². The first-order valence-corrected chi connectivity index (χ1v) is 5.99. The van der Waals surface area contributed by atoms with Crippen LogP contribution in [0, 0.1) is 0 Å². The molecule has 2 heterocycles. The molecule has 0 unspecified atom stereocenters. The number of imidazole rings is 1. The first-order chi connectivity index (χ1) is 6.95. The molecule has 0 aromatic carbocycles. The van der Waals surface area contributed by atoms with Gasteiger partial charge in [-0.25, -0.2) is 4.98 Å². The molecular weight excluding hydrogens is 172 g/mol. The highest BCUT2D eigenvalue weighted by Gasteiger charge is 2.24. The van der Waals surface area contributed by atoms with Gasteiger partial charge in [-0.2, -0.15) is 0 Å². The Morgan fingerprint density at radius 2 is 2.00 bits per heavy atom. The molecule has 0 bridgehead atoms. The summed E-state index contributed by atoms with van der Waals surface area (Å²) in [6.07, 6.45) is 11.6. The number of hydrogen-bond donors (Lipinski definition) is 0. The first kappa shape index (κ1) is 8.51. The molecule has 1 saturated carbocycles. The summed E-state index contributed by atoms with van der Waals surface area (Å²) in [5.74, 6) is 0.796. The van der Waals surface area contributed by atoms with Crippen LogP contribution >= 0.6 is 0 Å². The fourth-order valence-corrected chi connectivity index (χ4v) is 3.00. The molecule has 1 fully saturated rings. The molecule has 76 valence electrons. The van der Waals surface area contributed by atoms with E-state index in [4.69, 9.17) is 0 Å². The molecule has 14 heavy (non-hydrogen) atoms. The molecule has 1 aliphatic heterocycles. The first-order valence-electron chi connectivity index (χ1n) is 5.99. The molecule has 2 heteroatoms. The Labute approximate surface area is 85.3 Å². The molecule has 0 N–H and O–H groups in total. The summed E-state index contributed by atoms with van der Waals surface area (Å²) in [6, 6.07) is 0. The Kier molecular flexibility index (Phi) is 2.07. The lowest BCUT2D eigenvalue weighted by molar-refractivity contribution is 0.524. The minimum atomic E-state index is 0.796. The lowest BCUT2D eigenvalue weighted by Crippen LogP contribution is -2.11. The van der Waals surface area contributed by atoms with Gasteiger partial charge < -0.3 is 4.57 Å². The van der Waals surface area contributed by atoms with E-state index in [1.807, 2.05) is 0 Å². The van der Waals surface area contributed by atoms with Crippen molar-refractivity contribution >= 4 is 0 Å². The van der Waals surface area contributed by atoms with Crippen molar-refractivity contribution in [3.05, 3.63) is 17.7 Å². The average molecular weight is 190 g/mol. The van der Waals surface area contributed by atoms with Crippen molar-refractivity contribution < 1.29 is 0 Å². The van der Waals surface area contributed by atoms with E-state index < -0.39 is 0 Å². The van der Waals surface area contributed by atoms with Gasteiger partial charge >= 0.3 is 0 Å². The monoisotopic (exact) mass is 190 g/mol. The highest BCUT2D eigenvalue weighted by atomic mass is 15.1. The summed E-state index contributed by atoms with van der Waals surface area (Å²) < 4.78 is 2.39. The van der Waals surface area contributed by atoms with E-state index in [0.717, 1.165) is 5.92 Å². The lowest BCUT2D eigenvalue weighted by Gasteiger charge is -2.17. The van der Waals surface area contributed by atoms with Crippen LogP contribution in [0.4, 0.5) is 0 Å². The third-order valence-corrected chi connectivity index (χ3v) is 3.78. The molecular formula is C12H18N2. The van der Waals surface area contributed by atoms with Crippen molar-refractivity contribution in [2.75, 3.05) is 0 Å². The van der Waals surface area contributed by atoms with E-state index >= 15 is 0 Å². The van der Waals surface area contributed by atoms with Gasteiger partial charge in [-0.05, 0) is 32.1 Å². The van der Waals surface area contributed by atoms with Crippen molar-refractivity contribution in [2.45, 2.75) is 57.4 Å². The molecule has 0 atom stereocenters. The molecule has 2 nitrogen and oxygen atoms in total. The van der Waals surface area contributed by atoms with E-state index in [-0.39, 0.29) is 0 Å². The Morgan fingerprint density at radius 1 is 1.14 bits per heavy atom. The van der Waals surface area contributed by atoms with E-state index in [0.29, 0.717) is 0 Å². The zero-order valence-electron chi connectivity index (χ0n) is 8.71. The van der Waals surface area contributed by atoms with Crippen LogP contribution < -0.4 is 0 Å². The normalized spacial score (nSPS) is 22.6. The topological polar surface area (TPSA) is 17.8 Å². The number of aromatic nitrogens is 2. The SMILES string of the molecule is c1nc(C2CCCC2)c2n1CCCC2. The third-order valence-electron chi connectivity index (χ3n) is 3.78. The summed E-state index contributed by atoms with van der Waals surface area (Å²) >= 11 is 0. The predicted molar refractivity (Wildman–Crippen MR) is 56.4 cm³/mol. The van der Waals surface area contributed by atoms with Crippen molar-refractivity contribution in [3.8, 4) is 0 Å². The lowest BCUT2D eigenvalue weighted by atomic mass is 9.98. The fourth-order valence-electron chi connectivity index (χ4n) is 3.00. The number of aryl methyl sites for hydroxylation is 1. The zero-order chi connectivity index (χ0) is 9.38. The molecule has 0 spiro atoms. The van der Waals surface area contributed by atoms with Crippen LogP contribution in [0.1, 0.15) is 55.8 Å². The van der Waals surface area contributed by atoms with Gasteiger partial charge in [0.25, 0.3) is 0 Å². The second-order valence-electron chi connectivity index (χ2n) is 4.71. The number of nitrogens with zero attached hydrogens (tertiary/aromatic N) is 2. The molecule has 3 rings (SSSR count). The van der Waals surface area contributed by atoms with Crippen LogP contribution in [0.15, 0.2) is 6.33 Å². The van der Waals surface area contributed by atoms with Gasteiger partial charge in [0.05, 0.1) is 12.0 Å². The van der Waals surface area contributed by atoms with Crippen LogP contribution in [0.3, 0.4) is 0 Å². The van der Waals surface area contributed by atoms with Crippen molar-refractivity contribution in [1.82, 2.24) is 9.55 Å². The van der Waals surface area contributed by atoms with Gasteiger partial charge in [-0.1, -0.05) is 12.8 Å². The van der Waals surface area contributed by atoms with Gasteiger partial charge in [0.2, 0.25) is 0 Å². The summed E-state index contributed by atoms with van der Waals surface area (Å²) in [6.45, 7) is 1.20. The smallest absolute Gasteiger partial charge is 0.0951 e. The van der Waals surface area contributed by atoms with Crippen LogP contribution in [-0.4, -0.2) is 9.55 Å². The number of fused-ring (bicyclic) bond motifs is 1. The standard InChI is InChI=1S/C12H18N2/c1-2-6-10(5-1)12-11-7-3-4-8-14(11)9-13-12/h9-10H,1-8H2. The Morgan fingerprint density at radius 3 is 2.86 bits per heavy atom. The van der Waals surface area contributed by atoms with E-state index in [9.17, 15) is 0 Å². The molecule has 1 aliphatic carbocycles. The molecule has 0 radical (unpaired) electrons. The Balaban J connectivity index is 1.93. The molecule has 1 aromatic rings. The maximum Gasteiger partial charge on any atom is 0.0951 e. The minimum Gasteiger partial charge on any atom is -0.334 e. The van der Waals surface area contributed by atoms with E-state index in [2.05, 4.69) is 15.9 Å². The van der Waals surface area contributed by atoms with Gasteiger partial charge in [0.15, 0.2) is 0 Å². The van der Waals surface area contributed by atoms with E-state index in [1.54, 1.807) is 5.69 Å². The summed E-state index contributed by atoms with van der Waals surface area (Å²) in [5, 5.41) is 0. The Hall–Kier alpha value is -0.790. The second-order valence-corrected chi connectivity index (χ2v) is 4.71. The number of hydrogen-bond acceptors (Lipinski definition) is 1. The van der Waals surface area contributed by atoms with Gasteiger partial charge in [0.1, 0.15) is 0 Å². The summed E-state index contributed by atoms with van der Waals surface area (Å²) in [4.78, 5) is 4.64. The van der Waals surface area contributed by atoms with E-state index in [1.165, 1.54) is 57.2 Å². The van der Waals surface area contributed by atoms with Crippen LogP contribution in [0.25, 0.3) is 0 Å². The Bertz CT molecular complexity index is 321. The zero-order valence-corrected chi connectivity index (χ0v) is 8.71. The largest absolute Gasteiger partial charge is 0.334 e. The fraction of sp³-hybridized carbons (Fsp3) is 0.750. The van der Waals surface area contributed by atoms with Crippen molar-refractivity contribution in [1.29, 1.82) is 0 Å². The maximum absolute atomic E-state index is 4.64. The quantitative estimate of drug-likeness (QED) is 0.665. The van der Waals surface area contributed by atoms with Crippen LogP contribution in [0.5, 0.6) is 0 Å². The van der Waals surface area contributed by atoms with Gasteiger partial charge in [-0.3, -0.25) is 0 Å². The molecule has 2 aliphatic rings. The highest BCUT2D eigenvalue weighted by Crippen LogP contribution is 2.36. The molecule has 1 aromatic heterocycles. The second kappa shape index (κ2) is 3.41. The third kappa shape index (κ3) is 1.28. The maximum atomic E-state index is 4.64. The number of rotatable bonds is 1. The summed E-state index contributed by atoms with van der Waals surface area (Å²) in [5.41, 5.74) is 3.00. The minimum absolute atomic E-state index is 0.796. The molecule has 0 amide bonds. The van der Waals surface area contributed by atoms with Crippen LogP contribution in [0.2, 0.25) is 0 Å². The summed E-state index contributed by atoms with van der Waals surface area (Å²) in [7, 11) is 0. The highest BCUT2D eigenvalue weighted by molar-refractivity contribution is 5.20. The average Bonchev–Trinajstić information content (AvgIpc) is 2.85. The molecule has 0 saturated heterocycles. The van der Waals surface area contributed by atoms with Gasteiger partial charge in [0, 0.05) is 18.2 Å². The van der Waals surface area contributed by atoms with Crippen LogP contribution in [-0.2, 0) is 13.0 Å².